The predicted molar refractivity (Wildman–Crippen MR) is 54.1 cm³/mol. The fourth-order valence-electron chi connectivity index (χ4n) is 1.13. The van der Waals surface area contributed by atoms with E-state index in [2.05, 4.69) is 4.98 Å². The summed E-state index contributed by atoms with van der Waals surface area (Å²) in [5, 5.41) is 0. The van der Waals surface area contributed by atoms with Crippen LogP contribution in [0.2, 0.25) is 0 Å². The average molecular weight is 194 g/mol. The SMILES string of the molecule is CCOC(=O)c1nc(C)c(N)cc1C. The summed E-state index contributed by atoms with van der Waals surface area (Å²) in [6, 6.07) is 1.73. The standard InChI is InChI=1S/C10H14N2O2/c1-4-14-10(13)9-6(2)5-8(11)7(3)12-9/h5H,4,11H2,1-3H3. The molecule has 76 valence electrons. The molecule has 2 N–H and O–H groups in total. The first kappa shape index (κ1) is 10.5. The van der Waals surface area contributed by atoms with Gasteiger partial charge in [-0.2, -0.15) is 0 Å². The summed E-state index contributed by atoms with van der Waals surface area (Å²) in [6.45, 7) is 5.66. The normalized spacial score (nSPS) is 9.93. The minimum Gasteiger partial charge on any atom is -0.461 e. The molecule has 0 aliphatic rings. The van der Waals surface area contributed by atoms with Crippen LogP contribution in [-0.2, 0) is 4.74 Å². The third-order valence-corrected chi connectivity index (χ3v) is 1.91. The highest BCUT2D eigenvalue weighted by molar-refractivity contribution is 5.89. The van der Waals surface area contributed by atoms with Crippen molar-refractivity contribution in [2.75, 3.05) is 12.3 Å². The Balaban J connectivity index is 3.09. The summed E-state index contributed by atoms with van der Waals surface area (Å²) in [7, 11) is 0. The molecule has 1 rings (SSSR count). The van der Waals surface area contributed by atoms with Crippen LogP contribution in [0, 0.1) is 13.8 Å². The van der Waals surface area contributed by atoms with Gasteiger partial charge < -0.3 is 10.5 Å². The Morgan fingerprint density at radius 1 is 1.57 bits per heavy atom. The van der Waals surface area contributed by atoms with E-state index in [1.807, 2.05) is 0 Å². The van der Waals surface area contributed by atoms with Crippen LogP contribution < -0.4 is 5.73 Å². The molecule has 0 aliphatic carbocycles. The van der Waals surface area contributed by atoms with Crippen LogP contribution in [0.15, 0.2) is 6.07 Å². The van der Waals surface area contributed by atoms with E-state index < -0.39 is 5.97 Å². The average Bonchev–Trinajstić information content (AvgIpc) is 2.11. The van der Waals surface area contributed by atoms with Crippen LogP contribution in [0.4, 0.5) is 5.69 Å². The van der Waals surface area contributed by atoms with Gasteiger partial charge in [0.05, 0.1) is 18.0 Å². The molecule has 1 aromatic rings. The smallest absolute Gasteiger partial charge is 0.357 e. The van der Waals surface area contributed by atoms with Crippen molar-refractivity contribution in [3.63, 3.8) is 0 Å². The number of carbonyl (C=O) groups is 1. The molecule has 0 amide bonds. The van der Waals surface area contributed by atoms with Crippen LogP contribution in [-0.4, -0.2) is 17.6 Å². The van der Waals surface area contributed by atoms with E-state index in [0.717, 1.165) is 5.56 Å². The molecule has 0 spiro atoms. The lowest BCUT2D eigenvalue weighted by molar-refractivity contribution is 0.0518. The Kier molecular flexibility index (Phi) is 3.06. The molecule has 0 saturated heterocycles. The molecule has 0 aliphatic heterocycles. The first-order valence-electron chi connectivity index (χ1n) is 4.47. The zero-order valence-electron chi connectivity index (χ0n) is 8.63. The maximum Gasteiger partial charge on any atom is 0.357 e. The second-order valence-electron chi connectivity index (χ2n) is 3.05. The first-order chi connectivity index (χ1) is 6.56. The zero-order valence-corrected chi connectivity index (χ0v) is 8.63. The first-order valence-corrected chi connectivity index (χ1v) is 4.47. The van der Waals surface area contributed by atoms with E-state index in [9.17, 15) is 4.79 Å². The summed E-state index contributed by atoms with van der Waals surface area (Å²) < 4.78 is 4.86. The van der Waals surface area contributed by atoms with Gasteiger partial charge in [0.25, 0.3) is 0 Å². The van der Waals surface area contributed by atoms with Crippen LogP contribution in [0.1, 0.15) is 28.7 Å². The fourth-order valence-corrected chi connectivity index (χ4v) is 1.13. The van der Waals surface area contributed by atoms with E-state index in [1.54, 1.807) is 26.8 Å². The van der Waals surface area contributed by atoms with Gasteiger partial charge in [-0.05, 0) is 32.4 Å². The monoisotopic (exact) mass is 194 g/mol. The Bertz CT molecular complexity index is 361. The Morgan fingerprint density at radius 3 is 2.79 bits per heavy atom. The van der Waals surface area contributed by atoms with Gasteiger partial charge in [-0.15, -0.1) is 0 Å². The number of hydrogen-bond acceptors (Lipinski definition) is 4. The van der Waals surface area contributed by atoms with E-state index in [0.29, 0.717) is 23.7 Å². The van der Waals surface area contributed by atoms with Crippen LogP contribution >= 0.6 is 0 Å². The quantitative estimate of drug-likeness (QED) is 0.724. The number of carbonyl (C=O) groups excluding carboxylic acids is 1. The van der Waals surface area contributed by atoms with Crippen molar-refractivity contribution in [3.8, 4) is 0 Å². The summed E-state index contributed by atoms with van der Waals surface area (Å²) in [4.78, 5) is 15.5. The molecule has 1 heterocycles. The van der Waals surface area contributed by atoms with Crippen LogP contribution in [0.25, 0.3) is 0 Å². The van der Waals surface area contributed by atoms with Crippen LogP contribution in [0.5, 0.6) is 0 Å². The topological polar surface area (TPSA) is 65.2 Å². The van der Waals surface area contributed by atoms with E-state index in [1.165, 1.54) is 0 Å². The molecule has 0 unspecified atom stereocenters. The number of aryl methyl sites for hydroxylation is 2. The molecule has 0 aromatic carbocycles. The number of rotatable bonds is 2. The fraction of sp³-hybridized carbons (Fsp3) is 0.400. The van der Waals surface area contributed by atoms with Crippen molar-refractivity contribution in [3.05, 3.63) is 23.0 Å². The number of nitrogens with zero attached hydrogens (tertiary/aromatic N) is 1. The van der Waals surface area contributed by atoms with Crippen molar-refractivity contribution < 1.29 is 9.53 Å². The molecular formula is C10H14N2O2. The lowest BCUT2D eigenvalue weighted by Gasteiger charge is -2.07. The summed E-state index contributed by atoms with van der Waals surface area (Å²) in [5.41, 5.74) is 7.98. The van der Waals surface area contributed by atoms with E-state index in [4.69, 9.17) is 10.5 Å². The molecule has 0 radical (unpaired) electrons. The highest BCUT2D eigenvalue weighted by Crippen LogP contribution is 2.14. The molecule has 4 nitrogen and oxygen atoms in total. The second kappa shape index (κ2) is 4.09. The van der Waals surface area contributed by atoms with Crippen molar-refractivity contribution in [1.82, 2.24) is 4.98 Å². The molecule has 1 aromatic heterocycles. The summed E-state index contributed by atoms with van der Waals surface area (Å²) in [6.07, 6.45) is 0. The lowest BCUT2D eigenvalue weighted by Crippen LogP contribution is -2.11. The molecule has 0 saturated carbocycles. The molecule has 0 bridgehead atoms. The third-order valence-electron chi connectivity index (χ3n) is 1.91. The number of hydrogen-bond donors (Lipinski definition) is 1. The van der Waals surface area contributed by atoms with Gasteiger partial charge in [-0.25, -0.2) is 9.78 Å². The van der Waals surface area contributed by atoms with E-state index >= 15 is 0 Å². The summed E-state index contributed by atoms with van der Waals surface area (Å²) in [5.74, 6) is -0.395. The van der Waals surface area contributed by atoms with Gasteiger partial charge >= 0.3 is 5.97 Å². The predicted octanol–water partition coefficient (Wildman–Crippen LogP) is 1.46. The minimum atomic E-state index is -0.395. The number of nitrogens with two attached hydrogens (primary N) is 1. The second-order valence-corrected chi connectivity index (χ2v) is 3.05. The van der Waals surface area contributed by atoms with Gasteiger partial charge in [0.2, 0.25) is 0 Å². The Labute approximate surface area is 83.1 Å². The van der Waals surface area contributed by atoms with Gasteiger partial charge in [0, 0.05) is 0 Å². The van der Waals surface area contributed by atoms with Gasteiger partial charge in [-0.3, -0.25) is 0 Å². The number of nitrogen functional groups attached to an aromatic ring is 1. The highest BCUT2D eigenvalue weighted by Gasteiger charge is 2.13. The molecule has 0 fully saturated rings. The Hall–Kier alpha value is -1.58. The number of aromatic nitrogens is 1. The largest absolute Gasteiger partial charge is 0.461 e. The lowest BCUT2D eigenvalue weighted by atomic mass is 10.2. The van der Waals surface area contributed by atoms with Crippen molar-refractivity contribution >= 4 is 11.7 Å². The number of pyridine rings is 1. The highest BCUT2D eigenvalue weighted by atomic mass is 16.5. The van der Waals surface area contributed by atoms with Gasteiger partial charge in [-0.1, -0.05) is 0 Å². The molecule has 4 heteroatoms. The maximum absolute atomic E-state index is 11.4. The van der Waals surface area contributed by atoms with Crippen molar-refractivity contribution in [2.24, 2.45) is 0 Å². The van der Waals surface area contributed by atoms with Gasteiger partial charge in [0.15, 0.2) is 5.69 Å². The summed E-state index contributed by atoms with van der Waals surface area (Å²) >= 11 is 0. The van der Waals surface area contributed by atoms with Gasteiger partial charge in [0.1, 0.15) is 0 Å². The maximum atomic E-state index is 11.4. The van der Waals surface area contributed by atoms with Crippen molar-refractivity contribution in [2.45, 2.75) is 20.8 Å². The number of ether oxygens (including phenoxy) is 1. The van der Waals surface area contributed by atoms with Crippen LogP contribution in [0.3, 0.4) is 0 Å². The molecular weight excluding hydrogens is 180 g/mol. The van der Waals surface area contributed by atoms with E-state index in [-0.39, 0.29) is 0 Å². The molecule has 14 heavy (non-hydrogen) atoms. The number of esters is 1. The third kappa shape index (κ3) is 2.02. The zero-order chi connectivity index (χ0) is 10.7. The minimum absolute atomic E-state index is 0.346. The Morgan fingerprint density at radius 2 is 2.21 bits per heavy atom. The van der Waals surface area contributed by atoms with Crippen molar-refractivity contribution in [1.29, 1.82) is 0 Å². The molecule has 0 atom stereocenters. The number of anilines is 1.